The van der Waals surface area contributed by atoms with Gasteiger partial charge in [-0.25, -0.2) is 0 Å². The molecule has 2 aromatic carbocycles. The molecule has 0 amide bonds. The molecule has 0 aliphatic heterocycles. The summed E-state index contributed by atoms with van der Waals surface area (Å²) in [6.07, 6.45) is 9.89. The van der Waals surface area contributed by atoms with Gasteiger partial charge in [0.05, 0.1) is 12.4 Å². The van der Waals surface area contributed by atoms with Crippen molar-refractivity contribution in [2.75, 3.05) is 0 Å². The van der Waals surface area contributed by atoms with Crippen LogP contribution in [0.2, 0.25) is 0 Å². The molecule has 23 heavy (non-hydrogen) atoms. The van der Waals surface area contributed by atoms with Crippen LogP contribution >= 0.6 is 0 Å². The van der Waals surface area contributed by atoms with Crippen LogP contribution in [0.3, 0.4) is 0 Å². The third-order valence-corrected chi connectivity index (χ3v) is 3.72. The lowest BCUT2D eigenvalue weighted by molar-refractivity contribution is 0.844. The van der Waals surface area contributed by atoms with Crippen molar-refractivity contribution < 1.29 is 0 Å². The van der Waals surface area contributed by atoms with Gasteiger partial charge in [0.25, 0.3) is 0 Å². The monoisotopic (exact) mass is 304 g/mol. The Morgan fingerprint density at radius 2 is 1.35 bits per heavy atom. The molecule has 2 nitrogen and oxygen atoms in total. The van der Waals surface area contributed by atoms with Crippen molar-refractivity contribution in [3.05, 3.63) is 83.4 Å². The Bertz CT molecular complexity index is 649. The van der Waals surface area contributed by atoms with Crippen molar-refractivity contribution >= 4 is 12.4 Å². The normalized spacial score (nSPS) is 11.3. The second kappa shape index (κ2) is 9.52. The standard InChI is InChI=1S/C21H24N2/c1-3-5-6-7-19-10-14-21(15-11-19)17-23-22-16-20-12-8-18(4-2)9-13-20/h3,8-17H,1,4-7H2,2H3/b22-16+,23-17+. The molecule has 0 unspecified atom stereocenters. The Kier molecular flexibility index (Phi) is 6.99. The molecular formula is C21H24N2. The van der Waals surface area contributed by atoms with E-state index in [1.807, 2.05) is 6.08 Å². The highest BCUT2D eigenvalue weighted by atomic mass is 15.2. The van der Waals surface area contributed by atoms with E-state index >= 15 is 0 Å². The third-order valence-electron chi connectivity index (χ3n) is 3.72. The predicted octanol–water partition coefficient (Wildman–Crippen LogP) is 5.21. The molecule has 118 valence electrons. The van der Waals surface area contributed by atoms with Crippen molar-refractivity contribution in [2.45, 2.75) is 32.6 Å². The Balaban J connectivity index is 1.86. The molecule has 0 aromatic heterocycles. The number of hydrogen-bond donors (Lipinski definition) is 0. The molecule has 0 radical (unpaired) electrons. The molecule has 0 aliphatic carbocycles. The van der Waals surface area contributed by atoms with E-state index in [-0.39, 0.29) is 0 Å². The van der Waals surface area contributed by atoms with Gasteiger partial charge in [-0.2, -0.15) is 10.2 Å². The number of benzene rings is 2. The van der Waals surface area contributed by atoms with Gasteiger partial charge < -0.3 is 0 Å². The summed E-state index contributed by atoms with van der Waals surface area (Å²) >= 11 is 0. The number of nitrogens with zero attached hydrogens (tertiary/aromatic N) is 2. The fourth-order valence-electron chi connectivity index (χ4n) is 2.26. The van der Waals surface area contributed by atoms with E-state index < -0.39 is 0 Å². The van der Waals surface area contributed by atoms with Gasteiger partial charge in [0.15, 0.2) is 0 Å². The highest BCUT2D eigenvalue weighted by Crippen LogP contribution is 2.07. The maximum atomic E-state index is 4.12. The summed E-state index contributed by atoms with van der Waals surface area (Å²) < 4.78 is 0. The SMILES string of the molecule is C=CCCCc1ccc(/C=N/N=C/c2ccc(CC)cc2)cc1. The third kappa shape index (κ3) is 6.03. The summed E-state index contributed by atoms with van der Waals surface area (Å²) in [5.41, 5.74) is 4.82. The van der Waals surface area contributed by atoms with Gasteiger partial charge in [-0.05, 0) is 47.9 Å². The van der Waals surface area contributed by atoms with Crippen LogP contribution in [0.5, 0.6) is 0 Å². The van der Waals surface area contributed by atoms with Crippen molar-refractivity contribution in [3.8, 4) is 0 Å². The zero-order valence-corrected chi connectivity index (χ0v) is 13.8. The van der Waals surface area contributed by atoms with Gasteiger partial charge >= 0.3 is 0 Å². The molecule has 0 saturated carbocycles. The summed E-state index contributed by atoms with van der Waals surface area (Å²) in [6, 6.07) is 16.8. The smallest absolute Gasteiger partial charge is 0.0568 e. The molecule has 0 saturated heterocycles. The van der Waals surface area contributed by atoms with Gasteiger partial charge in [-0.1, -0.05) is 61.5 Å². The minimum Gasteiger partial charge on any atom is -0.159 e. The van der Waals surface area contributed by atoms with E-state index in [2.05, 4.69) is 72.2 Å². The maximum Gasteiger partial charge on any atom is 0.0568 e. The topological polar surface area (TPSA) is 24.7 Å². The summed E-state index contributed by atoms with van der Waals surface area (Å²) in [5.74, 6) is 0. The van der Waals surface area contributed by atoms with Crippen molar-refractivity contribution in [2.24, 2.45) is 10.2 Å². The lowest BCUT2D eigenvalue weighted by Crippen LogP contribution is -1.87. The van der Waals surface area contributed by atoms with Crippen molar-refractivity contribution in [1.29, 1.82) is 0 Å². The van der Waals surface area contributed by atoms with Gasteiger partial charge in [0.1, 0.15) is 0 Å². The minimum atomic E-state index is 1.05. The molecule has 2 rings (SSSR count). The molecule has 0 spiro atoms. The first-order valence-electron chi connectivity index (χ1n) is 8.17. The molecule has 2 heteroatoms. The van der Waals surface area contributed by atoms with Crippen LogP contribution in [-0.4, -0.2) is 12.4 Å². The van der Waals surface area contributed by atoms with Crippen LogP contribution in [0, 0.1) is 0 Å². The van der Waals surface area contributed by atoms with Crippen LogP contribution in [0.4, 0.5) is 0 Å². The first-order chi connectivity index (χ1) is 11.3. The summed E-state index contributed by atoms with van der Waals surface area (Å²) in [6.45, 7) is 5.90. The van der Waals surface area contributed by atoms with Gasteiger partial charge in [0.2, 0.25) is 0 Å². The fourth-order valence-corrected chi connectivity index (χ4v) is 2.26. The molecule has 0 N–H and O–H groups in total. The van der Waals surface area contributed by atoms with Crippen LogP contribution in [-0.2, 0) is 12.8 Å². The summed E-state index contributed by atoms with van der Waals surface area (Å²) in [5, 5.41) is 8.22. The van der Waals surface area contributed by atoms with Crippen LogP contribution in [0.25, 0.3) is 0 Å². The van der Waals surface area contributed by atoms with E-state index in [0.29, 0.717) is 0 Å². The quantitative estimate of drug-likeness (QED) is 0.277. The molecule has 2 aromatic rings. The van der Waals surface area contributed by atoms with E-state index in [4.69, 9.17) is 0 Å². The number of aryl methyl sites for hydroxylation is 2. The highest BCUT2D eigenvalue weighted by Gasteiger charge is 1.93. The first-order valence-corrected chi connectivity index (χ1v) is 8.17. The van der Waals surface area contributed by atoms with Crippen LogP contribution in [0.15, 0.2) is 71.4 Å². The first kappa shape index (κ1) is 16.9. The number of hydrogen-bond acceptors (Lipinski definition) is 2. The van der Waals surface area contributed by atoms with Gasteiger partial charge in [0, 0.05) is 0 Å². The van der Waals surface area contributed by atoms with Crippen LogP contribution in [0.1, 0.15) is 42.0 Å². The molecule has 0 atom stereocenters. The number of unbranched alkanes of at least 4 members (excludes halogenated alkanes) is 1. The predicted molar refractivity (Wildman–Crippen MR) is 101 cm³/mol. The van der Waals surface area contributed by atoms with E-state index in [0.717, 1.165) is 36.8 Å². The van der Waals surface area contributed by atoms with Gasteiger partial charge in [-0.3, -0.25) is 0 Å². The molecule has 0 aliphatic rings. The largest absolute Gasteiger partial charge is 0.159 e. The molecule has 0 heterocycles. The molecular weight excluding hydrogens is 280 g/mol. The summed E-state index contributed by atoms with van der Waals surface area (Å²) in [7, 11) is 0. The lowest BCUT2D eigenvalue weighted by atomic mass is 10.1. The Labute approximate surface area is 139 Å². The average Bonchev–Trinajstić information content (AvgIpc) is 2.61. The Hall–Kier alpha value is -2.48. The molecule has 0 bridgehead atoms. The Morgan fingerprint density at radius 3 is 1.83 bits per heavy atom. The number of rotatable bonds is 8. The van der Waals surface area contributed by atoms with Crippen molar-refractivity contribution in [1.82, 2.24) is 0 Å². The second-order valence-corrected chi connectivity index (χ2v) is 5.51. The zero-order chi connectivity index (χ0) is 16.3. The minimum absolute atomic E-state index is 1.05. The maximum absolute atomic E-state index is 4.12. The second-order valence-electron chi connectivity index (χ2n) is 5.51. The van der Waals surface area contributed by atoms with E-state index in [1.54, 1.807) is 12.4 Å². The highest BCUT2D eigenvalue weighted by molar-refractivity contribution is 5.82. The van der Waals surface area contributed by atoms with Gasteiger partial charge in [-0.15, -0.1) is 6.58 Å². The average molecular weight is 304 g/mol. The molecule has 0 fully saturated rings. The van der Waals surface area contributed by atoms with Crippen LogP contribution < -0.4 is 0 Å². The van der Waals surface area contributed by atoms with Crippen molar-refractivity contribution in [3.63, 3.8) is 0 Å². The fraction of sp³-hybridized carbons (Fsp3) is 0.238. The number of allylic oxidation sites excluding steroid dienone is 1. The zero-order valence-electron chi connectivity index (χ0n) is 13.8. The summed E-state index contributed by atoms with van der Waals surface area (Å²) in [4.78, 5) is 0. The lowest BCUT2D eigenvalue weighted by Gasteiger charge is -1.99. The van der Waals surface area contributed by atoms with E-state index in [1.165, 1.54) is 11.1 Å². The van der Waals surface area contributed by atoms with E-state index in [9.17, 15) is 0 Å². The Morgan fingerprint density at radius 1 is 0.826 bits per heavy atom.